The molecule has 0 aromatic carbocycles. The monoisotopic (exact) mass is 235 g/mol. The molecule has 4 heteroatoms. The molecule has 0 spiro atoms. The number of rotatable bonds is 5. The molecule has 2 aliphatic carbocycles. The maximum absolute atomic E-state index is 9.20. The van der Waals surface area contributed by atoms with Crippen LogP contribution in [0.2, 0.25) is 0 Å². The number of oxime groups is 1. The largest absolute Gasteiger partial charge is 0.411 e. The molecule has 94 valence electrons. The van der Waals surface area contributed by atoms with Crippen LogP contribution in [0, 0.1) is 23.2 Å². The van der Waals surface area contributed by atoms with E-state index in [2.05, 4.69) is 23.0 Å². The standard InChI is InChI=1S/C13H21N3O/c1-2-7-16(8-3-6-14)13-11-5-4-10(9-11)12(13)15-17/h10-11,13,17H,2-5,7-9H2,1H3/b15-12+/t10-,11+,13-/m0/s1. The molecule has 0 amide bonds. The Labute approximate surface area is 103 Å². The van der Waals surface area contributed by atoms with E-state index in [9.17, 15) is 5.21 Å². The minimum absolute atomic E-state index is 0.298. The third-order valence-electron chi connectivity index (χ3n) is 4.17. The maximum Gasteiger partial charge on any atom is 0.0775 e. The smallest absolute Gasteiger partial charge is 0.0775 e. The van der Waals surface area contributed by atoms with Gasteiger partial charge in [0.15, 0.2) is 0 Å². The Balaban J connectivity index is 2.09. The molecule has 17 heavy (non-hydrogen) atoms. The van der Waals surface area contributed by atoms with Crippen LogP contribution in [0.3, 0.4) is 0 Å². The molecule has 2 saturated carbocycles. The highest BCUT2D eigenvalue weighted by molar-refractivity contribution is 5.94. The van der Waals surface area contributed by atoms with E-state index >= 15 is 0 Å². The van der Waals surface area contributed by atoms with Crippen LogP contribution in [0.5, 0.6) is 0 Å². The van der Waals surface area contributed by atoms with Crippen LogP contribution in [0.4, 0.5) is 0 Å². The summed E-state index contributed by atoms with van der Waals surface area (Å²) in [7, 11) is 0. The van der Waals surface area contributed by atoms with Crippen molar-refractivity contribution in [1.82, 2.24) is 4.90 Å². The minimum atomic E-state index is 0.298. The Morgan fingerprint density at radius 3 is 2.94 bits per heavy atom. The van der Waals surface area contributed by atoms with E-state index in [0.29, 0.717) is 24.3 Å². The van der Waals surface area contributed by atoms with E-state index in [1.165, 1.54) is 19.3 Å². The average molecular weight is 235 g/mol. The fourth-order valence-electron chi connectivity index (χ4n) is 3.55. The van der Waals surface area contributed by atoms with Crippen LogP contribution in [-0.4, -0.2) is 35.0 Å². The summed E-state index contributed by atoms with van der Waals surface area (Å²) in [5.41, 5.74) is 0.979. The van der Waals surface area contributed by atoms with E-state index < -0.39 is 0 Å². The van der Waals surface area contributed by atoms with Crippen molar-refractivity contribution < 1.29 is 5.21 Å². The molecule has 4 nitrogen and oxygen atoms in total. The Kier molecular flexibility index (Phi) is 4.01. The summed E-state index contributed by atoms with van der Waals surface area (Å²) in [6, 6.07) is 2.51. The van der Waals surface area contributed by atoms with Gasteiger partial charge in [-0.15, -0.1) is 0 Å². The molecule has 2 bridgehead atoms. The third kappa shape index (κ3) is 2.30. The molecule has 0 aromatic rings. The number of hydrogen-bond donors (Lipinski definition) is 1. The number of nitriles is 1. The van der Waals surface area contributed by atoms with Gasteiger partial charge in [-0.3, -0.25) is 4.90 Å². The summed E-state index contributed by atoms with van der Waals surface area (Å²) in [6.45, 7) is 3.95. The Bertz CT molecular complexity index is 334. The number of hydrogen-bond acceptors (Lipinski definition) is 4. The van der Waals surface area contributed by atoms with Gasteiger partial charge in [0.05, 0.1) is 17.8 Å². The van der Waals surface area contributed by atoms with Crippen molar-refractivity contribution in [2.24, 2.45) is 17.0 Å². The van der Waals surface area contributed by atoms with Crippen LogP contribution in [-0.2, 0) is 0 Å². The van der Waals surface area contributed by atoms with Crippen molar-refractivity contribution >= 4 is 5.71 Å². The third-order valence-corrected chi connectivity index (χ3v) is 4.17. The SMILES string of the molecule is CCCN(CCC#N)[C@@H]1/C(=N/O)[C@H]2CC[C@@H]1C2. The van der Waals surface area contributed by atoms with Crippen molar-refractivity contribution in [2.75, 3.05) is 13.1 Å². The van der Waals surface area contributed by atoms with Crippen LogP contribution in [0.1, 0.15) is 39.0 Å². The molecule has 0 radical (unpaired) electrons. The first-order valence-corrected chi connectivity index (χ1v) is 6.64. The number of nitrogens with zero attached hydrogens (tertiary/aromatic N) is 3. The van der Waals surface area contributed by atoms with Crippen molar-refractivity contribution in [3.05, 3.63) is 0 Å². The lowest BCUT2D eigenvalue weighted by molar-refractivity contribution is 0.195. The van der Waals surface area contributed by atoms with Gasteiger partial charge in [-0.1, -0.05) is 12.1 Å². The normalized spacial score (nSPS) is 33.5. The number of fused-ring (bicyclic) bond motifs is 2. The second-order valence-corrected chi connectivity index (χ2v) is 5.18. The molecular weight excluding hydrogens is 214 g/mol. The molecule has 3 atom stereocenters. The lowest BCUT2D eigenvalue weighted by Gasteiger charge is -2.34. The van der Waals surface area contributed by atoms with Crippen molar-refractivity contribution in [2.45, 2.75) is 45.1 Å². The molecule has 0 unspecified atom stereocenters. The maximum atomic E-state index is 9.20. The van der Waals surface area contributed by atoms with Crippen molar-refractivity contribution in [1.29, 1.82) is 5.26 Å². The van der Waals surface area contributed by atoms with E-state index in [4.69, 9.17) is 5.26 Å². The van der Waals surface area contributed by atoms with E-state index in [1.807, 2.05) is 0 Å². The molecule has 2 rings (SSSR count). The highest BCUT2D eigenvalue weighted by Gasteiger charge is 2.47. The van der Waals surface area contributed by atoms with Crippen LogP contribution < -0.4 is 0 Å². The summed E-state index contributed by atoms with van der Waals surface area (Å²) in [5.74, 6) is 1.15. The minimum Gasteiger partial charge on any atom is -0.411 e. The second kappa shape index (κ2) is 5.50. The highest BCUT2D eigenvalue weighted by Crippen LogP contribution is 2.45. The quantitative estimate of drug-likeness (QED) is 0.587. The lowest BCUT2D eigenvalue weighted by atomic mass is 9.91. The van der Waals surface area contributed by atoms with Gasteiger partial charge >= 0.3 is 0 Å². The summed E-state index contributed by atoms with van der Waals surface area (Å²) < 4.78 is 0. The Morgan fingerprint density at radius 2 is 2.29 bits per heavy atom. The van der Waals surface area contributed by atoms with Gasteiger partial charge in [0.1, 0.15) is 0 Å². The summed E-state index contributed by atoms with van der Waals surface area (Å²) >= 11 is 0. The van der Waals surface area contributed by atoms with Crippen LogP contribution in [0.25, 0.3) is 0 Å². The first-order valence-electron chi connectivity index (χ1n) is 6.64. The van der Waals surface area contributed by atoms with Gasteiger partial charge in [-0.2, -0.15) is 5.26 Å². The predicted molar refractivity (Wildman–Crippen MR) is 65.9 cm³/mol. The zero-order valence-corrected chi connectivity index (χ0v) is 10.5. The zero-order chi connectivity index (χ0) is 12.3. The summed E-state index contributed by atoms with van der Waals surface area (Å²) in [5, 5.41) is 21.5. The average Bonchev–Trinajstić information content (AvgIpc) is 2.94. The van der Waals surface area contributed by atoms with E-state index in [0.717, 1.165) is 25.2 Å². The summed E-state index contributed by atoms with van der Waals surface area (Å²) in [6.07, 6.45) is 5.25. The predicted octanol–water partition coefficient (Wildman–Crippen LogP) is 2.24. The van der Waals surface area contributed by atoms with Crippen molar-refractivity contribution in [3.63, 3.8) is 0 Å². The molecule has 0 saturated heterocycles. The molecule has 0 aliphatic heterocycles. The van der Waals surface area contributed by atoms with Crippen LogP contribution >= 0.6 is 0 Å². The summed E-state index contributed by atoms with van der Waals surface area (Å²) in [4.78, 5) is 2.35. The van der Waals surface area contributed by atoms with Crippen LogP contribution in [0.15, 0.2) is 5.16 Å². The first kappa shape index (κ1) is 12.4. The highest BCUT2D eigenvalue weighted by atomic mass is 16.4. The molecule has 0 heterocycles. The van der Waals surface area contributed by atoms with Gasteiger partial charge in [0.2, 0.25) is 0 Å². The van der Waals surface area contributed by atoms with Gasteiger partial charge in [0.25, 0.3) is 0 Å². The second-order valence-electron chi connectivity index (χ2n) is 5.18. The lowest BCUT2D eigenvalue weighted by Crippen LogP contribution is -2.45. The van der Waals surface area contributed by atoms with Crippen molar-refractivity contribution in [3.8, 4) is 6.07 Å². The fourth-order valence-corrected chi connectivity index (χ4v) is 3.55. The van der Waals surface area contributed by atoms with Gasteiger partial charge in [-0.05, 0) is 38.1 Å². The topological polar surface area (TPSA) is 59.6 Å². The Morgan fingerprint density at radius 1 is 1.47 bits per heavy atom. The van der Waals surface area contributed by atoms with Gasteiger partial charge in [0, 0.05) is 18.9 Å². The first-order chi connectivity index (χ1) is 8.31. The van der Waals surface area contributed by atoms with E-state index in [1.54, 1.807) is 0 Å². The Hall–Kier alpha value is -1.08. The fraction of sp³-hybridized carbons (Fsp3) is 0.846. The van der Waals surface area contributed by atoms with Gasteiger partial charge in [-0.25, -0.2) is 0 Å². The molecule has 1 N–H and O–H groups in total. The molecule has 2 aliphatic rings. The molecular formula is C13H21N3O. The molecule has 2 fully saturated rings. The zero-order valence-electron chi connectivity index (χ0n) is 10.5. The van der Waals surface area contributed by atoms with E-state index in [-0.39, 0.29) is 0 Å². The van der Waals surface area contributed by atoms with Gasteiger partial charge < -0.3 is 5.21 Å². The molecule has 0 aromatic heterocycles.